The van der Waals surface area contributed by atoms with Crippen molar-refractivity contribution >= 4 is 18.1 Å². The number of ether oxygens (including phenoxy) is 2. The number of carbonyl (C=O) groups excluding carboxylic acids is 2. The van der Waals surface area contributed by atoms with Gasteiger partial charge in [-0.1, -0.05) is 30.3 Å². The van der Waals surface area contributed by atoms with Gasteiger partial charge in [0, 0.05) is 0 Å². The van der Waals surface area contributed by atoms with E-state index >= 15 is 0 Å². The smallest absolute Gasteiger partial charge is 0.343 e. The molecule has 0 aliphatic heterocycles. The molecule has 0 atom stereocenters. The summed E-state index contributed by atoms with van der Waals surface area (Å²) in [6.07, 6.45) is 1.74. The molecule has 1 N–H and O–H groups in total. The van der Waals surface area contributed by atoms with Gasteiger partial charge in [0.1, 0.15) is 11.5 Å². The maximum Gasteiger partial charge on any atom is 0.343 e. The maximum absolute atomic E-state index is 12.0. The fourth-order valence-electron chi connectivity index (χ4n) is 2.51. The molecule has 0 saturated carbocycles. The van der Waals surface area contributed by atoms with Crippen LogP contribution in [-0.4, -0.2) is 25.2 Å². The van der Waals surface area contributed by atoms with E-state index < -0.39 is 5.97 Å². The summed E-state index contributed by atoms with van der Waals surface area (Å²) in [6, 6.07) is 22.9. The molecule has 3 aromatic carbocycles. The minimum atomic E-state index is -0.419. The third kappa shape index (κ3) is 6.04. The summed E-state index contributed by atoms with van der Waals surface area (Å²) < 4.78 is 10.4. The molecular formula is C23H20N2O4. The Morgan fingerprint density at radius 2 is 1.55 bits per heavy atom. The van der Waals surface area contributed by atoms with E-state index in [4.69, 9.17) is 9.47 Å². The maximum atomic E-state index is 12.0. The van der Waals surface area contributed by atoms with Crippen LogP contribution in [0.15, 0.2) is 84.0 Å². The van der Waals surface area contributed by atoms with Gasteiger partial charge in [0.2, 0.25) is 5.91 Å². The molecule has 1 amide bonds. The highest BCUT2D eigenvalue weighted by Gasteiger charge is 2.07. The number of amides is 1. The van der Waals surface area contributed by atoms with E-state index in [1.165, 1.54) is 6.21 Å². The zero-order valence-electron chi connectivity index (χ0n) is 15.9. The predicted octanol–water partition coefficient (Wildman–Crippen LogP) is 3.61. The van der Waals surface area contributed by atoms with Crippen molar-refractivity contribution in [3.63, 3.8) is 0 Å². The number of nitrogens with zero attached hydrogens (tertiary/aromatic N) is 1. The van der Waals surface area contributed by atoms with Gasteiger partial charge in [-0.25, -0.2) is 10.2 Å². The number of methoxy groups -OCH3 is 1. The Morgan fingerprint density at radius 3 is 2.21 bits per heavy atom. The first-order valence-electron chi connectivity index (χ1n) is 8.96. The summed E-state index contributed by atoms with van der Waals surface area (Å²) in [7, 11) is 1.59. The van der Waals surface area contributed by atoms with E-state index in [1.54, 1.807) is 67.8 Å². The molecule has 0 aromatic heterocycles. The van der Waals surface area contributed by atoms with Gasteiger partial charge in [0.05, 0.1) is 25.3 Å². The molecule has 0 saturated heterocycles. The van der Waals surface area contributed by atoms with Gasteiger partial charge in [-0.05, 0) is 59.7 Å². The minimum absolute atomic E-state index is 0.218. The van der Waals surface area contributed by atoms with Crippen molar-refractivity contribution in [2.45, 2.75) is 6.42 Å². The molecule has 29 heavy (non-hydrogen) atoms. The Kier molecular flexibility index (Phi) is 6.73. The molecule has 146 valence electrons. The van der Waals surface area contributed by atoms with Crippen molar-refractivity contribution in [1.29, 1.82) is 0 Å². The highest BCUT2D eigenvalue weighted by atomic mass is 16.5. The molecule has 6 nitrogen and oxygen atoms in total. The van der Waals surface area contributed by atoms with Crippen LogP contribution >= 0.6 is 0 Å². The molecule has 0 heterocycles. The average molecular weight is 388 g/mol. The fourth-order valence-corrected chi connectivity index (χ4v) is 2.51. The van der Waals surface area contributed by atoms with Crippen molar-refractivity contribution in [3.05, 3.63) is 95.6 Å². The van der Waals surface area contributed by atoms with E-state index in [0.29, 0.717) is 11.3 Å². The van der Waals surface area contributed by atoms with Gasteiger partial charge in [-0.2, -0.15) is 5.10 Å². The molecule has 0 fully saturated rings. The second-order valence-corrected chi connectivity index (χ2v) is 6.14. The Labute approximate surface area is 168 Å². The third-order valence-corrected chi connectivity index (χ3v) is 4.03. The average Bonchev–Trinajstić information content (AvgIpc) is 2.76. The van der Waals surface area contributed by atoms with Crippen LogP contribution in [0.25, 0.3) is 0 Å². The second-order valence-electron chi connectivity index (χ2n) is 6.14. The first-order chi connectivity index (χ1) is 14.1. The number of benzene rings is 3. The van der Waals surface area contributed by atoms with Crippen molar-refractivity contribution in [1.82, 2.24) is 5.43 Å². The van der Waals surface area contributed by atoms with Crippen LogP contribution in [0.3, 0.4) is 0 Å². The van der Waals surface area contributed by atoms with Gasteiger partial charge in [-0.3, -0.25) is 4.79 Å². The van der Waals surface area contributed by atoms with Crippen LogP contribution in [0.1, 0.15) is 21.5 Å². The molecule has 6 heteroatoms. The summed E-state index contributed by atoms with van der Waals surface area (Å²) in [5, 5.41) is 3.95. The Bertz CT molecular complexity index is 982. The zero-order chi connectivity index (χ0) is 20.5. The summed E-state index contributed by atoms with van der Waals surface area (Å²) in [6.45, 7) is 0. The highest BCUT2D eigenvalue weighted by Crippen LogP contribution is 2.14. The van der Waals surface area contributed by atoms with Crippen LogP contribution in [0.2, 0.25) is 0 Å². The van der Waals surface area contributed by atoms with Crippen molar-refractivity contribution in [2.75, 3.05) is 7.11 Å². The third-order valence-electron chi connectivity index (χ3n) is 4.03. The number of hydrogen-bond acceptors (Lipinski definition) is 5. The van der Waals surface area contributed by atoms with E-state index in [-0.39, 0.29) is 12.3 Å². The molecule has 0 radical (unpaired) electrons. The van der Waals surface area contributed by atoms with E-state index in [1.807, 2.05) is 18.2 Å². The fraction of sp³-hybridized carbons (Fsp3) is 0.0870. The lowest BCUT2D eigenvalue weighted by Gasteiger charge is -2.04. The van der Waals surface area contributed by atoms with Crippen LogP contribution in [0, 0.1) is 0 Å². The Balaban J connectivity index is 1.49. The van der Waals surface area contributed by atoms with Crippen LogP contribution in [0.5, 0.6) is 11.5 Å². The predicted molar refractivity (Wildman–Crippen MR) is 110 cm³/mol. The number of hydrazone groups is 1. The van der Waals surface area contributed by atoms with Crippen molar-refractivity contribution < 1.29 is 19.1 Å². The second kappa shape index (κ2) is 9.85. The monoisotopic (exact) mass is 388 g/mol. The molecule has 0 spiro atoms. The lowest BCUT2D eigenvalue weighted by molar-refractivity contribution is -0.120. The van der Waals surface area contributed by atoms with Crippen LogP contribution < -0.4 is 14.9 Å². The van der Waals surface area contributed by atoms with E-state index in [9.17, 15) is 9.59 Å². The molecule has 0 aliphatic rings. The minimum Gasteiger partial charge on any atom is -0.497 e. The Hall–Kier alpha value is -3.93. The number of nitrogens with one attached hydrogen (secondary N) is 1. The number of carbonyl (C=O) groups is 2. The molecule has 0 unspecified atom stereocenters. The first-order valence-corrected chi connectivity index (χ1v) is 8.96. The lowest BCUT2D eigenvalue weighted by Crippen LogP contribution is -2.19. The number of hydrogen-bond donors (Lipinski definition) is 1. The summed E-state index contributed by atoms with van der Waals surface area (Å²) >= 11 is 0. The largest absolute Gasteiger partial charge is 0.497 e. The van der Waals surface area contributed by atoms with Gasteiger partial charge in [-0.15, -0.1) is 0 Å². The van der Waals surface area contributed by atoms with Gasteiger partial charge in [0.15, 0.2) is 0 Å². The highest BCUT2D eigenvalue weighted by molar-refractivity contribution is 5.91. The SMILES string of the molecule is COc1ccc(CC(=O)N/N=C\c2ccc(OC(=O)c3ccccc3)cc2)cc1. The standard InChI is InChI=1S/C23H20N2O4/c1-28-20-11-7-17(8-12-20)15-22(26)25-24-16-18-9-13-21(14-10-18)29-23(27)19-5-3-2-4-6-19/h2-14,16H,15H2,1H3,(H,25,26)/b24-16-. The molecule has 0 bridgehead atoms. The Morgan fingerprint density at radius 1 is 0.897 bits per heavy atom. The van der Waals surface area contributed by atoms with Crippen LogP contribution in [-0.2, 0) is 11.2 Å². The topological polar surface area (TPSA) is 77.0 Å². The molecule has 0 aliphatic carbocycles. The number of rotatable bonds is 7. The van der Waals surface area contributed by atoms with E-state index in [0.717, 1.165) is 16.9 Å². The van der Waals surface area contributed by atoms with Gasteiger partial charge < -0.3 is 9.47 Å². The normalized spacial score (nSPS) is 10.5. The first kappa shape index (κ1) is 19.8. The van der Waals surface area contributed by atoms with Gasteiger partial charge in [0.25, 0.3) is 0 Å². The molecular weight excluding hydrogens is 368 g/mol. The molecule has 3 rings (SSSR count). The summed E-state index contributed by atoms with van der Waals surface area (Å²) in [4.78, 5) is 24.0. The van der Waals surface area contributed by atoms with Crippen LogP contribution in [0.4, 0.5) is 0 Å². The summed E-state index contributed by atoms with van der Waals surface area (Å²) in [5.74, 6) is 0.530. The van der Waals surface area contributed by atoms with Crippen molar-refractivity contribution in [2.24, 2.45) is 5.10 Å². The van der Waals surface area contributed by atoms with Crippen molar-refractivity contribution in [3.8, 4) is 11.5 Å². The van der Waals surface area contributed by atoms with Gasteiger partial charge >= 0.3 is 5.97 Å². The number of esters is 1. The summed E-state index contributed by atoms with van der Waals surface area (Å²) in [5.41, 5.74) is 4.60. The van der Waals surface area contributed by atoms with E-state index in [2.05, 4.69) is 10.5 Å². The molecule has 3 aromatic rings. The quantitative estimate of drug-likeness (QED) is 0.290. The zero-order valence-corrected chi connectivity index (χ0v) is 15.9. The lowest BCUT2D eigenvalue weighted by atomic mass is 10.1.